The van der Waals surface area contributed by atoms with Crippen LogP contribution in [0.25, 0.3) is 22.4 Å². The number of rotatable bonds is 1. The molecule has 0 saturated carbocycles. The summed E-state index contributed by atoms with van der Waals surface area (Å²) in [5.41, 5.74) is 1.52. The lowest BCUT2D eigenvalue weighted by molar-refractivity contribution is 0.582. The zero-order valence-electron chi connectivity index (χ0n) is 9.54. The van der Waals surface area contributed by atoms with E-state index in [-0.39, 0.29) is 11.4 Å². The van der Waals surface area contributed by atoms with Crippen molar-refractivity contribution in [3.05, 3.63) is 47.8 Å². The van der Waals surface area contributed by atoms with E-state index in [1.165, 1.54) is 12.1 Å². The van der Waals surface area contributed by atoms with Crippen LogP contribution in [0.4, 0.5) is 8.78 Å². The van der Waals surface area contributed by atoms with Gasteiger partial charge in [-0.3, -0.25) is 4.98 Å². The number of H-pyrrole nitrogens is 1. The summed E-state index contributed by atoms with van der Waals surface area (Å²) in [5, 5.41) is 0. The van der Waals surface area contributed by atoms with Gasteiger partial charge in [-0.2, -0.15) is 0 Å². The van der Waals surface area contributed by atoms with Crippen molar-refractivity contribution in [3.63, 3.8) is 0 Å². The minimum atomic E-state index is -0.634. The van der Waals surface area contributed by atoms with Gasteiger partial charge in [-0.25, -0.2) is 13.8 Å². The molecule has 2 heterocycles. The van der Waals surface area contributed by atoms with Crippen LogP contribution in [-0.2, 0) is 0 Å². The van der Waals surface area contributed by atoms with Crippen molar-refractivity contribution in [3.8, 4) is 11.4 Å². The third kappa shape index (κ3) is 1.55. The third-order valence-corrected chi connectivity index (χ3v) is 2.80. The highest BCUT2D eigenvalue weighted by Crippen LogP contribution is 2.27. The van der Waals surface area contributed by atoms with Crippen molar-refractivity contribution < 1.29 is 8.78 Å². The van der Waals surface area contributed by atoms with Gasteiger partial charge in [0.15, 0.2) is 0 Å². The Labute approximate surface area is 102 Å². The number of halogens is 2. The van der Waals surface area contributed by atoms with Crippen LogP contribution in [0.3, 0.4) is 0 Å². The smallest absolute Gasteiger partial charge is 0.144 e. The number of aromatic amines is 1. The second kappa shape index (κ2) is 3.87. The molecular formula is C13H9F2N3. The van der Waals surface area contributed by atoms with Gasteiger partial charge in [-0.1, -0.05) is 6.07 Å². The molecular weight excluding hydrogens is 236 g/mol. The summed E-state index contributed by atoms with van der Waals surface area (Å²) in [4.78, 5) is 11.0. The predicted molar refractivity (Wildman–Crippen MR) is 64.0 cm³/mol. The van der Waals surface area contributed by atoms with E-state index in [4.69, 9.17) is 0 Å². The number of benzene rings is 1. The van der Waals surface area contributed by atoms with Gasteiger partial charge in [0.05, 0.1) is 22.8 Å². The normalized spacial score (nSPS) is 11.1. The van der Waals surface area contributed by atoms with Crippen LogP contribution in [-0.4, -0.2) is 15.0 Å². The van der Waals surface area contributed by atoms with Gasteiger partial charge in [-0.05, 0) is 24.6 Å². The van der Waals surface area contributed by atoms with E-state index in [0.717, 1.165) is 0 Å². The van der Waals surface area contributed by atoms with Gasteiger partial charge in [0.25, 0.3) is 0 Å². The van der Waals surface area contributed by atoms with Crippen molar-refractivity contribution in [1.29, 1.82) is 0 Å². The lowest BCUT2D eigenvalue weighted by Gasteiger charge is -2.03. The maximum absolute atomic E-state index is 14.0. The average Bonchev–Trinajstić information content (AvgIpc) is 2.77. The van der Waals surface area contributed by atoms with Crippen molar-refractivity contribution >= 4 is 11.0 Å². The van der Waals surface area contributed by atoms with Gasteiger partial charge in [0.1, 0.15) is 17.5 Å². The third-order valence-electron chi connectivity index (χ3n) is 2.80. The SMILES string of the molecule is Cc1ccc(F)c(-c2nc3ccncc3[nH]2)c1F. The summed E-state index contributed by atoms with van der Waals surface area (Å²) in [5.74, 6) is -1.05. The van der Waals surface area contributed by atoms with Crippen LogP contribution in [0.1, 0.15) is 5.56 Å². The largest absolute Gasteiger partial charge is 0.337 e. The number of nitrogens with zero attached hydrogens (tertiary/aromatic N) is 2. The molecule has 0 saturated heterocycles. The summed E-state index contributed by atoms with van der Waals surface area (Å²) in [6, 6.07) is 4.32. The van der Waals surface area contributed by atoms with Crippen LogP contribution in [0.15, 0.2) is 30.6 Å². The number of nitrogens with one attached hydrogen (secondary N) is 1. The highest BCUT2D eigenvalue weighted by Gasteiger charge is 2.16. The molecule has 0 aliphatic rings. The molecule has 0 fully saturated rings. The lowest BCUT2D eigenvalue weighted by Crippen LogP contribution is -1.94. The van der Waals surface area contributed by atoms with Crippen molar-refractivity contribution in [1.82, 2.24) is 15.0 Å². The first-order valence-corrected chi connectivity index (χ1v) is 5.41. The minimum Gasteiger partial charge on any atom is -0.337 e. The molecule has 0 spiro atoms. The van der Waals surface area contributed by atoms with Crippen LogP contribution in [0.5, 0.6) is 0 Å². The summed E-state index contributed by atoms with van der Waals surface area (Å²) in [7, 11) is 0. The Bertz CT molecular complexity index is 701. The van der Waals surface area contributed by atoms with E-state index in [9.17, 15) is 8.78 Å². The molecule has 0 atom stereocenters. The Balaban J connectivity index is 2.29. The first-order valence-electron chi connectivity index (χ1n) is 5.41. The van der Waals surface area contributed by atoms with E-state index in [2.05, 4.69) is 15.0 Å². The number of fused-ring (bicyclic) bond motifs is 1. The summed E-state index contributed by atoms with van der Waals surface area (Å²) in [6.07, 6.45) is 3.15. The fourth-order valence-electron chi connectivity index (χ4n) is 1.85. The number of aryl methyl sites for hydroxylation is 1. The Morgan fingerprint density at radius 1 is 1.17 bits per heavy atom. The Kier molecular flexibility index (Phi) is 2.33. The van der Waals surface area contributed by atoms with Crippen LogP contribution < -0.4 is 0 Å². The van der Waals surface area contributed by atoms with E-state index in [1.54, 1.807) is 25.4 Å². The molecule has 90 valence electrons. The van der Waals surface area contributed by atoms with Crippen LogP contribution in [0, 0.1) is 18.6 Å². The first-order chi connectivity index (χ1) is 8.66. The average molecular weight is 245 g/mol. The second-order valence-electron chi connectivity index (χ2n) is 4.03. The summed E-state index contributed by atoms with van der Waals surface area (Å²) in [6.45, 7) is 1.59. The molecule has 18 heavy (non-hydrogen) atoms. The van der Waals surface area contributed by atoms with Gasteiger partial charge in [0, 0.05) is 6.20 Å². The summed E-state index contributed by atoms with van der Waals surface area (Å²) < 4.78 is 27.7. The fourth-order valence-corrected chi connectivity index (χ4v) is 1.85. The predicted octanol–water partition coefficient (Wildman–Crippen LogP) is 3.21. The summed E-state index contributed by atoms with van der Waals surface area (Å²) >= 11 is 0. The van der Waals surface area contributed by atoms with Crippen molar-refractivity contribution in [2.75, 3.05) is 0 Å². The molecule has 0 amide bonds. The molecule has 0 radical (unpaired) electrons. The molecule has 0 bridgehead atoms. The molecule has 0 aliphatic heterocycles. The Morgan fingerprint density at radius 3 is 2.78 bits per heavy atom. The maximum atomic E-state index is 14.0. The van der Waals surface area contributed by atoms with Gasteiger partial charge < -0.3 is 4.98 Å². The van der Waals surface area contributed by atoms with Crippen molar-refractivity contribution in [2.45, 2.75) is 6.92 Å². The number of aromatic nitrogens is 3. The number of hydrogen-bond donors (Lipinski definition) is 1. The highest BCUT2D eigenvalue weighted by molar-refractivity contribution is 5.78. The molecule has 5 heteroatoms. The van der Waals surface area contributed by atoms with E-state index in [1.807, 2.05) is 0 Å². The monoisotopic (exact) mass is 245 g/mol. The molecule has 3 nitrogen and oxygen atoms in total. The Morgan fingerprint density at radius 2 is 2.00 bits per heavy atom. The Hall–Kier alpha value is -2.30. The zero-order chi connectivity index (χ0) is 12.7. The maximum Gasteiger partial charge on any atom is 0.144 e. The minimum absolute atomic E-state index is 0.133. The van der Waals surface area contributed by atoms with E-state index < -0.39 is 11.6 Å². The van der Waals surface area contributed by atoms with E-state index in [0.29, 0.717) is 16.6 Å². The van der Waals surface area contributed by atoms with Gasteiger partial charge in [-0.15, -0.1) is 0 Å². The highest BCUT2D eigenvalue weighted by atomic mass is 19.1. The van der Waals surface area contributed by atoms with Crippen LogP contribution >= 0.6 is 0 Å². The number of imidazole rings is 1. The fraction of sp³-hybridized carbons (Fsp3) is 0.0769. The number of pyridine rings is 1. The molecule has 1 aromatic carbocycles. The molecule has 0 unspecified atom stereocenters. The standard InChI is InChI=1S/C13H9F2N3/c1-7-2-3-8(14)11(12(7)15)13-17-9-4-5-16-6-10(9)18-13/h2-6H,1H3,(H,17,18). The van der Waals surface area contributed by atoms with E-state index >= 15 is 0 Å². The van der Waals surface area contributed by atoms with Gasteiger partial charge in [0.2, 0.25) is 0 Å². The van der Waals surface area contributed by atoms with Crippen molar-refractivity contribution in [2.24, 2.45) is 0 Å². The van der Waals surface area contributed by atoms with Crippen LogP contribution in [0.2, 0.25) is 0 Å². The second-order valence-corrected chi connectivity index (χ2v) is 4.03. The molecule has 1 N–H and O–H groups in total. The molecule has 3 aromatic rings. The topological polar surface area (TPSA) is 41.6 Å². The lowest BCUT2D eigenvalue weighted by atomic mass is 10.1. The number of hydrogen-bond acceptors (Lipinski definition) is 2. The van der Waals surface area contributed by atoms with Gasteiger partial charge >= 0.3 is 0 Å². The quantitative estimate of drug-likeness (QED) is 0.715. The molecule has 0 aliphatic carbocycles. The first kappa shape index (κ1) is 10.8. The zero-order valence-corrected chi connectivity index (χ0v) is 9.54. The molecule has 2 aromatic heterocycles. The molecule has 3 rings (SSSR count).